The van der Waals surface area contributed by atoms with Crippen molar-refractivity contribution >= 4 is 65.0 Å². The van der Waals surface area contributed by atoms with E-state index in [1.165, 1.54) is 109 Å². The Hall–Kier alpha value is -6.96. The Bertz CT molecular complexity index is 3370. The van der Waals surface area contributed by atoms with Crippen molar-refractivity contribution in [1.29, 1.82) is 0 Å². The fourth-order valence-corrected chi connectivity index (χ4v) is 10.0. The van der Waals surface area contributed by atoms with E-state index in [1.54, 1.807) is 0 Å². The van der Waals surface area contributed by atoms with Gasteiger partial charge < -0.3 is 4.42 Å². The number of furan rings is 1. The molecule has 0 unspecified atom stereocenters. The molecule has 262 valence electrons. The predicted octanol–water partition coefficient (Wildman–Crippen LogP) is 15.5. The Morgan fingerprint density at radius 3 is 1.66 bits per heavy atom. The first-order chi connectivity index (χ1) is 27.5. The van der Waals surface area contributed by atoms with Gasteiger partial charge in [-0.1, -0.05) is 172 Å². The zero-order valence-electron chi connectivity index (χ0n) is 31.2. The molecule has 0 spiro atoms. The van der Waals surface area contributed by atoms with Crippen LogP contribution in [0, 0.1) is 0 Å². The molecule has 10 aromatic carbocycles. The van der Waals surface area contributed by atoms with Crippen molar-refractivity contribution in [2.24, 2.45) is 0 Å². The fraction of sp³-hybridized carbons (Fsp3) is 0.0545. The molecular formula is C55H36O. The van der Waals surface area contributed by atoms with E-state index in [-0.39, 0.29) is 5.41 Å². The van der Waals surface area contributed by atoms with Crippen LogP contribution < -0.4 is 0 Å². The van der Waals surface area contributed by atoms with E-state index in [1.807, 2.05) is 0 Å². The molecule has 0 fully saturated rings. The summed E-state index contributed by atoms with van der Waals surface area (Å²) >= 11 is 0. The van der Waals surface area contributed by atoms with Crippen LogP contribution >= 0.6 is 0 Å². The predicted molar refractivity (Wildman–Crippen MR) is 238 cm³/mol. The summed E-state index contributed by atoms with van der Waals surface area (Å²) in [6.07, 6.45) is 0. The second-order valence-corrected chi connectivity index (χ2v) is 16.0. The first-order valence-electron chi connectivity index (χ1n) is 19.6. The van der Waals surface area contributed by atoms with Gasteiger partial charge in [0.2, 0.25) is 0 Å². The SMILES string of the molecule is CC1(C)c2ccc(-c3ccc(-c4c5ccccc5c(-c5ccc6ccccc6c5)c5ccccc45)cc3)cc2-c2ccc3ccc4c5ccccc5oc4c3c21. The van der Waals surface area contributed by atoms with Crippen molar-refractivity contribution in [1.82, 2.24) is 0 Å². The number of hydrogen-bond acceptors (Lipinski definition) is 1. The van der Waals surface area contributed by atoms with Crippen LogP contribution in [0.1, 0.15) is 25.0 Å². The van der Waals surface area contributed by atoms with E-state index in [4.69, 9.17) is 4.42 Å². The molecule has 12 rings (SSSR count). The summed E-state index contributed by atoms with van der Waals surface area (Å²) in [4.78, 5) is 0. The molecule has 1 aliphatic carbocycles. The lowest BCUT2D eigenvalue weighted by atomic mass is 9.79. The smallest absolute Gasteiger partial charge is 0.143 e. The topological polar surface area (TPSA) is 13.1 Å². The summed E-state index contributed by atoms with van der Waals surface area (Å²) in [6.45, 7) is 4.74. The van der Waals surface area contributed by atoms with Gasteiger partial charge in [-0.15, -0.1) is 0 Å². The van der Waals surface area contributed by atoms with E-state index in [2.05, 4.69) is 196 Å². The normalized spacial score (nSPS) is 13.3. The minimum absolute atomic E-state index is 0.180. The van der Waals surface area contributed by atoms with E-state index in [9.17, 15) is 0 Å². The average Bonchev–Trinajstić information content (AvgIpc) is 3.74. The standard InChI is InChI=1S/C55H36O/c1-55(2)48-30-27-38(32-47(48)45-28-25-36-26-29-46-40-13-9-10-18-49(40)56-54(46)52(36)53(45)55)34-19-22-35(23-20-34)50-41-14-5-7-16-43(41)51(44-17-8-6-15-42(44)50)39-24-21-33-11-3-4-12-37(33)31-39/h3-32H,1-2H3. The van der Waals surface area contributed by atoms with Gasteiger partial charge in [0.1, 0.15) is 11.2 Å². The van der Waals surface area contributed by atoms with Crippen molar-refractivity contribution in [2.45, 2.75) is 19.3 Å². The van der Waals surface area contributed by atoms with Gasteiger partial charge in [-0.25, -0.2) is 0 Å². The molecule has 56 heavy (non-hydrogen) atoms. The van der Waals surface area contributed by atoms with Crippen LogP contribution in [0.4, 0.5) is 0 Å². The molecule has 0 N–H and O–H groups in total. The molecule has 11 aromatic rings. The summed E-state index contributed by atoms with van der Waals surface area (Å²) in [6, 6.07) is 67.1. The van der Waals surface area contributed by atoms with Gasteiger partial charge in [-0.2, -0.15) is 0 Å². The van der Waals surface area contributed by atoms with Crippen LogP contribution in [0.2, 0.25) is 0 Å². The highest BCUT2D eigenvalue weighted by Crippen LogP contribution is 2.54. The molecule has 1 aromatic heterocycles. The molecule has 1 heterocycles. The zero-order chi connectivity index (χ0) is 37.1. The largest absolute Gasteiger partial charge is 0.455 e. The molecular weight excluding hydrogens is 677 g/mol. The van der Waals surface area contributed by atoms with Crippen LogP contribution in [-0.4, -0.2) is 0 Å². The molecule has 0 saturated heterocycles. The van der Waals surface area contributed by atoms with Crippen LogP contribution in [0.25, 0.3) is 110 Å². The maximum Gasteiger partial charge on any atom is 0.143 e. The second kappa shape index (κ2) is 11.5. The monoisotopic (exact) mass is 712 g/mol. The summed E-state index contributed by atoms with van der Waals surface area (Å²) in [5.41, 5.74) is 14.5. The summed E-state index contributed by atoms with van der Waals surface area (Å²) in [7, 11) is 0. The molecule has 0 amide bonds. The number of rotatable bonds is 3. The highest BCUT2D eigenvalue weighted by molar-refractivity contribution is 6.22. The molecule has 0 radical (unpaired) electrons. The highest BCUT2D eigenvalue weighted by Gasteiger charge is 2.38. The number of para-hydroxylation sites is 1. The van der Waals surface area contributed by atoms with Gasteiger partial charge in [0, 0.05) is 21.6 Å². The molecule has 1 nitrogen and oxygen atoms in total. The van der Waals surface area contributed by atoms with Crippen LogP contribution in [0.5, 0.6) is 0 Å². The Morgan fingerprint density at radius 1 is 0.375 bits per heavy atom. The third-order valence-corrected chi connectivity index (χ3v) is 12.6. The van der Waals surface area contributed by atoms with E-state index >= 15 is 0 Å². The Kier molecular flexibility index (Phi) is 6.46. The van der Waals surface area contributed by atoms with Crippen LogP contribution in [-0.2, 0) is 5.41 Å². The van der Waals surface area contributed by atoms with E-state index in [0.29, 0.717) is 0 Å². The van der Waals surface area contributed by atoms with Gasteiger partial charge in [0.05, 0.1) is 0 Å². The van der Waals surface area contributed by atoms with Crippen LogP contribution in [0.3, 0.4) is 0 Å². The highest BCUT2D eigenvalue weighted by atomic mass is 16.3. The average molecular weight is 713 g/mol. The van der Waals surface area contributed by atoms with Crippen molar-refractivity contribution in [3.05, 3.63) is 193 Å². The van der Waals surface area contributed by atoms with Crippen molar-refractivity contribution < 1.29 is 4.42 Å². The van der Waals surface area contributed by atoms with Gasteiger partial charge in [0.25, 0.3) is 0 Å². The third-order valence-electron chi connectivity index (χ3n) is 12.6. The summed E-state index contributed by atoms with van der Waals surface area (Å²) in [5, 5.41) is 12.4. The maximum atomic E-state index is 6.62. The lowest BCUT2D eigenvalue weighted by Crippen LogP contribution is -2.15. The summed E-state index contributed by atoms with van der Waals surface area (Å²) in [5.74, 6) is 0. The molecule has 0 saturated carbocycles. The molecule has 0 bridgehead atoms. The molecule has 0 aliphatic heterocycles. The first-order valence-corrected chi connectivity index (χ1v) is 19.6. The fourth-order valence-electron chi connectivity index (χ4n) is 10.0. The maximum absolute atomic E-state index is 6.62. The number of hydrogen-bond donors (Lipinski definition) is 0. The van der Waals surface area contributed by atoms with Gasteiger partial charge in [-0.3, -0.25) is 0 Å². The van der Waals surface area contributed by atoms with Gasteiger partial charge >= 0.3 is 0 Å². The summed E-state index contributed by atoms with van der Waals surface area (Å²) < 4.78 is 6.62. The van der Waals surface area contributed by atoms with Crippen molar-refractivity contribution in [3.8, 4) is 44.5 Å². The zero-order valence-corrected chi connectivity index (χ0v) is 31.2. The van der Waals surface area contributed by atoms with Crippen LogP contribution in [0.15, 0.2) is 186 Å². The van der Waals surface area contributed by atoms with E-state index < -0.39 is 0 Å². The lowest BCUT2D eigenvalue weighted by Gasteiger charge is -2.23. The van der Waals surface area contributed by atoms with Crippen molar-refractivity contribution in [3.63, 3.8) is 0 Å². The molecule has 0 atom stereocenters. The molecule has 1 aliphatic rings. The third kappa shape index (κ3) is 4.37. The Morgan fingerprint density at radius 2 is 0.929 bits per heavy atom. The quantitative estimate of drug-likeness (QED) is 0.166. The first kappa shape index (κ1) is 31.4. The second-order valence-electron chi connectivity index (χ2n) is 16.0. The minimum atomic E-state index is -0.180. The van der Waals surface area contributed by atoms with Gasteiger partial charge in [-0.05, 0) is 118 Å². The van der Waals surface area contributed by atoms with Gasteiger partial charge in [0.15, 0.2) is 0 Å². The van der Waals surface area contributed by atoms with Crippen molar-refractivity contribution in [2.75, 3.05) is 0 Å². The minimum Gasteiger partial charge on any atom is -0.455 e. The lowest BCUT2D eigenvalue weighted by molar-refractivity contribution is 0.656. The molecule has 1 heteroatoms. The number of fused-ring (bicyclic) bond motifs is 12. The Labute approximate surface area is 325 Å². The Balaban J connectivity index is 0.992. The van der Waals surface area contributed by atoms with E-state index in [0.717, 1.165) is 11.2 Å². The number of benzene rings is 10.